The SMILES string of the molecule is CN(C)Cc1ccc(CSCCNC(=C[N+](=O)[O-])NCC2CC2)o1. The highest BCUT2D eigenvalue weighted by atomic mass is 32.2. The molecule has 1 aromatic rings. The molecule has 24 heavy (non-hydrogen) atoms. The zero-order chi connectivity index (χ0) is 17.4. The Morgan fingerprint density at radius 1 is 1.42 bits per heavy atom. The lowest BCUT2D eigenvalue weighted by atomic mass is 10.4. The van der Waals surface area contributed by atoms with Crippen LogP contribution in [0.3, 0.4) is 0 Å². The van der Waals surface area contributed by atoms with Crippen molar-refractivity contribution < 1.29 is 9.34 Å². The van der Waals surface area contributed by atoms with E-state index >= 15 is 0 Å². The summed E-state index contributed by atoms with van der Waals surface area (Å²) in [4.78, 5) is 12.3. The predicted molar refractivity (Wildman–Crippen MR) is 96.1 cm³/mol. The average molecular weight is 354 g/mol. The van der Waals surface area contributed by atoms with Crippen molar-refractivity contribution in [3.05, 3.63) is 45.8 Å². The summed E-state index contributed by atoms with van der Waals surface area (Å²) in [6.45, 7) is 2.28. The van der Waals surface area contributed by atoms with Crippen molar-refractivity contribution in [3.8, 4) is 0 Å². The van der Waals surface area contributed by atoms with Crippen LogP contribution in [0.25, 0.3) is 0 Å². The molecule has 7 nitrogen and oxygen atoms in total. The summed E-state index contributed by atoms with van der Waals surface area (Å²) < 4.78 is 5.75. The Balaban J connectivity index is 1.63. The van der Waals surface area contributed by atoms with Crippen LogP contribution >= 0.6 is 11.8 Å². The summed E-state index contributed by atoms with van der Waals surface area (Å²) in [7, 11) is 4.02. The molecule has 0 aromatic carbocycles. The molecule has 1 aliphatic carbocycles. The van der Waals surface area contributed by atoms with Gasteiger partial charge in [-0.2, -0.15) is 11.8 Å². The van der Waals surface area contributed by atoms with Crippen molar-refractivity contribution in [2.24, 2.45) is 5.92 Å². The fourth-order valence-electron chi connectivity index (χ4n) is 2.16. The molecule has 1 fully saturated rings. The molecule has 0 unspecified atom stereocenters. The second-order valence-corrected chi connectivity index (χ2v) is 7.34. The third-order valence-electron chi connectivity index (χ3n) is 3.51. The minimum atomic E-state index is -0.426. The maximum atomic E-state index is 10.7. The first-order chi connectivity index (χ1) is 11.5. The van der Waals surface area contributed by atoms with Gasteiger partial charge in [0.05, 0.1) is 17.2 Å². The Hall–Kier alpha value is -1.67. The van der Waals surface area contributed by atoms with E-state index in [2.05, 4.69) is 15.5 Å². The van der Waals surface area contributed by atoms with Gasteiger partial charge in [-0.1, -0.05) is 0 Å². The molecule has 2 N–H and O–H groups in total. The van der Waals surface area contributed by atoms with Crippen LogP contribution in [-0.4, -0.2) is 42.8 Å². The molecule has 0 saturated heterocycles. The molecule has 0 radical (unpaired) electrons. The Morgan fingerprint density at radius 2 is 2.17 bits per heavy atom. The maximum absolute atomic E-state index is 10.7. The van der Waals surface area contributed by atoms with E-state index < -0.39 is 4.92 Å². The molecule has 2 rings (SSSR count). The largest absolute Gasteiger partial charge is 0.464 e. The van der Waals surface area contributed by atoms with Crippen molar-refractivity contribution in [2.45, 2.75) is 25.1 Å². The molecular formula is C16H26N4O3S. The third kappa shape index (κ3) is 7.74. The number of furan rings is 1. The van der Waals surface area contributed by atoms with E-state index in [9.17, 15) is 10.1 Å². The smallest absolute Gasteiger partial charge is 0.274 e. The van der Waals surface area contributed by atoms with Crippen LogP contribution in [0.1, 0.15) is 24.4 Å². The van der Waals surface area contributed by atoms with Gasteiger partial charge in [-0.05, 0) is 45.0 Å². The van der Waals surface area contributed by atoms with E-state index in [0.29, 0.717) is 18.3 Å². The van der Waals surface area contributed by atoms with Crippen molar-refractivity contribution in [1.29, 1.82) is 0 Å². The lowest BCUT2D eigenvalue weighted by Gasteiger charge is -2.10. The standard InChI is InChI=1S/C16H26N4O3S/c1-19(2)10-14-5-6-15(23-14)12-24-8-7-17-16(11-20(21)22)18-9-13-3-4-13/h5-6,11,13,17-18H,3-4,7-10,12H2,1-2H3. The van der Waals surface area contributed by atoms with E-state index in [1.54, 1.807) is 11.8 Å². The fourth-order valence-corrected chi connectivity index (χ4v) is 2.91. The zero-order valence-corrected chi connectivity index (χ0v) is 15.1. The number of nitrogens with zero attached hydrogens (tertiary/aromatic N) is 2. The van der Waals surface area contributed by atoms with E-state index in [-0.39, 0.29) is 0 Å². The summed E-state index contributed by atoms with van der Waals surface area (Å²) in [6.07, 6.45) is 3.44. The van der Waals surface area contributed by atoms with E-state index in [1.165, 1.54) is 12.8 Å². The molecule has 0 spiro atoms. The van der Waals surface area contributed by atoms with Gasteiger partial charge in [0.1, 0.15) is 11.5 Å². The Bertz CT molecular complexity index is 555. The highest BCUT2D eigenvalue weighted by molar-refractivity contribution is 7.98. The van der Waals surface area contributed by atoms with Gasteiger partial charge in [0.25, 0.3) is 6.20 Å². The minimum Gasteiger partial charge on any atom is -0.464 e. The summed E-state index contributed by atoms with van der Waals surface area (Å²) in [6, 6.07) is 4.02. The molecule has 1 aromatic heterocycles. The topological polar surface area (TPSA) is 83.6 Å². The number of nitro groups is 1. The number of hydrogen-bond acceptors (Lipinski definition) is 7. The molecule has 1 aliphatic rings. The van der Waals surface area contributed by atoms with Crippen molar-refractivity contribution >= 4 is 11.8 Å². The molecule has 0 bridgehead atoms. The Labute approximate surface area is 147 Å². The van der Waals surface area contributed by atoms with E-state index in [0.717, 1.165) is 42.3 Å². The van der Waals surface area contributed by atoms with Gasteiger partial charge in [-0.25, -0.2) is 0 Å². The van der Waals surface area contributed by atoms with Gasteiger partial charge in [0.2, 0.25) is 0 Å². The van der Waals surface area contributed by atoms with Crippen LogP contribution in [0.2, 0.25) is 0 Å². The normalized spacial score (nSPS) is 14.9. The first-order valence-corrected chi connectivity index (χ1v) is 9.31. The average Bonchev–Trinajstić information content (AvgIpc) is 3.23. The molecule has 134 valence electrons. The number of rotatable bonds is 12. The molecule has 0 aliphatic heterocycles. The van der Waals surface area contributed by atoms with E-state index in [1.807, 2.05) is 26.2 Å². The Kier molecular flexibility index (Phi) is 7.45. The number of hydrogen-bond donors (Lipinski definition) is 2. The summed E-state index contributed by atoms with van der Waals surface area (Å²) in [5, 5.41) is 16.9. The van der Waals surface area contributed by atoms with Crippen molar-refractivity contribution in [3.63, 3.8) is 0 Å². The van der Waals surface area contributed by atoms with Gasteiger partial charge in [-0.3, -0.25) is 10.1 Å². The van der Waals surface area contributed by atoms with Crippen LogP contribution in [0.5, 0.6) is 0 Å². The first kappa shape index (κ1) is 18.7. The summed E-state index contributed by atoms with van der Waals surface area (Å²) in [5.74, 6) is 4.76. The van der Waals surface area contributed by atoms with Crippen LogP contribution in [0.15, 0.2) is 28.6 Å². The lowest BCUT2D eigenvalue weighted by molar-refractivity contribution is -0.404. The van der Waals surface area contributed by atoms with Crippen LogP contribution in [-0.2, 0) is 12.3 Å². The van der Waals surface area contributed by atoms with Gasteiger partial charge >= 0.3 is 0 Å². The first-order valence-electron chi connectivity index (χ1n) is 8.16. The van der Waals surface area contributed by atoms with Crippen LogP contribution < -0.4 is 10.6 Å². The van der Waals surface area contributed by atoms with E-state index in [4.69, 9.17) is 4.42 Å². The quantitative estimate of drug-likeness (QED) is 0.338. The molecule has 0 atom stereocenters. The molecule has 1 heterocycles. The second-order valence-electron chi connectivity index (χ2n) is 6.24. The predicted octanol–water partition coefficient (Wildman–Crippen LogP) is 2.24. The van der Waals surface area contributed by atoms with Crippen LogP contribution in [0.4, 0.5) is 0 Å². The number of thioether (sulfide) groups is 1. The molecule has 0 amide bonds. The maximum Gasteiger partial charge on any atom is 0.274 e. The summed E-state index contributed by atoms with van der Waals surface area (Å²) >= 11 is 1.74. The van der Waals surface area contributed by atoms with Crippen molar-refractivity contribution in [1.82, 2.24) is 15.5 Å². The van der Waals surface area contributed by atoms with Crippen LogP contribution in [0, 0.1) is 16.0 Å². The summed E-state index contributed by atoms with van der Waals surface area (Å²) in [5.41, 5.74) is 0. The van der Waals surface area contributed by atoms with Gasteiger partial charge in [-0.15, -0.1) is 0 Å². The minimum absolute atomic E-state index is 0.426. The second kappa shape index (κ2) is 9.58. The van der Waals surface area contributed by atoms with Gasteiger partial charge in [0.15, 0.2) is 5.82 Å². The monoisotopic (exact) mass is 354 g/mol. The lowest BCUT2D eigenvalue weighted by Crippen LogP contribution is -2.30. The zero-order valence-electron chi connectivity index (χ0n) is 14.3. The van der Waals surface area contributed by atoms with Gasteiger partial charge < -0.3 is 20.0 Å². The Morgan fingerprint density at radius 3 is 2.83 bits per heavy atom. The third-order valence-corrected chi connectivity index (χ3v) is 4.49. The molecule has 8 heteroatoms. The van der Waals surface area contributed by atoms with Gasteiger partial charge in [0, 0.05) is 18.8 Å². The molecule has 1 saturated carbocycles. The number of nitrogens with one attached hydrogen (secondary N) is 2. The van der Waals surface area contributed by atoms with Crippen molar-refractivity contribution in [2.75, 3.05) is 32.9 Å². The highest BCUT2D eigenvalue weighted by Gasteiger charge is 2.21. The molecular weight excluding hydrogens is 328 g/mol. The highest BCUT2D eigenvalue weighted by Crippen LogP contribution is 2.27. The fraction of sp³-hybridized carbons (Fsp3) is 0.625.